The number of hydrogen-bond acceptors (Lipinski definition) is 4. The molecule has 1 aliphatic rings. The van der Waals surface area contributed by atoms with Gasteiger partial charge in [0.2, 0.25) is 5.91 Å². The number of anilines is 1. The first-order chi connectivity index (χ1) is 14.9. The highest BCUT2D eigenvalue weighted by molar-refractivity contribution is 5.79. The first-order valence-corrected chi connectivity index (χ1v) is 10.1. The van der Waals surface area contributed by atoms with E-state index in [1.54, 1.807) is 15.8 Å². The van der Waals surface area contributed by atoms with Gasteiger partial charge in [0.1, 0.15) is 5.82 Å². The Morgan fingerprint density at radius 2 is 1.97 bits per heavy atom. The van der Waals surface area contributed by atoms with Crippen molar-refractivity contribution < 1.29 is 18.0 Å². The highest BCUT2D eigenvalue weighted by Gasteiger charge is 2.37. The van der Waals surface area contributed by atoms with Crippen LogP contribution < -0.4 is 10.2 Å². The van der Waals surface area contributed by atoms with Crippen LogP contribution in [0.25, 0.3) is 5.69 Å². The van der Waals surface area contributed by atoms with Gasteiger partial charge in [-0.05, 0) is 42.7 Å². The number of benzene rings is 1. The number of alkyl halides is 3. The lowest BCUT2D eigenvalue weighted by molar-refractivity contribution is -0.137. The van der Waals surface area contributed by atoms with Crippen LogP contribution in [0.3, 0.4) is 0 Å². The summed E-state index contributed by atoms with van der Waals surface area (Å²) in [5.74, 6) is -0.699. The molecule has 1 atom stereocenters. The molecule has 1 aliphatic heterocycles. The summed E-state index contributed by atoms with van der Waals surface area (Å²) in [7, 11) is 0. The van der Waals surface area contributed by atoms with Gasteiger partial charge in [0.05, 0.1) is 17.2 Å². The summed E-state index contributed by atoms with van der Waals surface area (Å²) in [6, 6.07) is 11.7. The number of nitrogens with one attached hydrogen (secondary N) is 1. The Bertz CT molecular complexity index is 1040. The summed E-state index contributed by atoms with van der Waals surface area (Å²) in [5, 5.41) is 7.17. The minimum Gasteiger partial charge on any atom is -0.355 e. The van der Waals surface area contributed by atoms with Crippen molar-refractivity contribution in [3.8, 4) is 5.69 Å². The Morgan fingerprint density at radius 1 is 1.13 bits per heavy atom. The van der Waals surface area contributed by atoms with E-state index in [0.717, 1.165) is 17.3 Å². The van der Waals surface area contributed by atoms with Gasteiger partial charge in [-0.15, -0.1) is 0 Å². The lowest BCUT2D eigenvalue weighted by Crippen LogP contribution is -2.43. The van der Waals surface area contributed by atoms with Crippen LogP contribution in [0.15, 0.2) is 61.1 Å². The molecule has 0 aliphatic carbocycles. The van der Waals surface area contributed by atoms with Crippen LogP contribution in [0, 0.1) is 5.92 Å². The van der Waals surface area contributed by atoms with E-state index >= 15 is 0 Å². The van der Waals surface area contributed by atoms with Crippen LogP contribution in [0.5, 0.6) is 0 Å². The predicted octanol–water partition coefficient (Wildman–Crippen LogP) is 3.82. The van der Waals surface area contributed by atoms with Crippen molar-refractivity contribution in [3.63, 3.8) is 0 Å². The number of amides is 1. The van der Waals surface area contributed by atoms with E-state index in [4.69, 9.17) is 0 Å². The molecule has 0 radical (unpaired) electrons. The van der Waals surface area contributed by atoms with Crippen molar-refractivity contribution >= 4 is 11.7 Å². The molecular formula is C22H22F3N5O. The second-order valence-corrected chi connectivity index (χ2v) is 7.45. The molecular weight excluding hydrogens is 407 g/mol. The van der Waals surface area contributed by atoms with Crippen molar-refractivity contribution in [1.82, 2.24) is 20.1 Å². The van der Waals surface area contributed by atoms with Crippen LogP contribution in [0.2, 0.25) is 0 Å². The summed E-state index contributed by atoms with van der Waals surface area (Å²) in [4.78, 5) is 18.3. The van der Waals surface area contributed by atoms with E-state index in [9.17, 15) is 18.0 Å². The Balaban J connectivity index is 1.44. The number of halogens is 3. The second-order valence-electron chi connectivity index (χ2n) is 7.45. The van der Waals surface area contributed by atoms with Crippen molar-refractivity contribution in [2.75, 3.05) is 18.0 Å². The maximum absolute atomic E-state index is 13.4. The molecule has 0 bridgehead atoms. The van der Waals surface area contributed by atoms with Gasteiger partial charge in [0.15, 0.2) is 0 Å². The van der Waals surface area contributed by atoms with E-state index < -0.39 is 17.7 Å². The van der Waals surface area contributed by atoms with Crippen LogP contribution in [-0.4, -0.2) is 33.8 Å². The molecule has 1 amide bonds. The predicted molar refractivity (Wildman–Crippen MR) is 110 cm³/mol. The monoisotopic (exact) mass is 429 g/mol. The highest BCUT2D eigenvalue weighted by atomic mass is 19.4. The van der Waals surface area contributed by atoms with Crippen molar-refractivity contribution in [2.24, 2.45) is 5.92 Å². The fourth-order valence-corrected chi connectivity index (χ4v) is 3.88. The fourth-order valence-electron chi connectivity index (χ4n) is 3.88. The van der Waals surface area contributed by atoms with Crippen LogP contribution >= 0.6 is 0 Å². The first kappa shape index (κ1) is 20.9. The van der Waals surface area contributed by atoms with Gasteiger partial charge in [-0.1, -0.05) is 18.2 Å². The number of rotatable bonds is 5. The van der Waals surface area contributed by atoms with Gasteiger partial charge in [0.25, 0.3) is 0 Å². The third kappa shape index (κ3) is 4.70. The van der Waals surface area contributed by atoms with Crippen LogP contribution in [-0.2, 0) is 17.5 Å². The number of pyridine rings is 1. The highest BCUT2D eigenvalue weighted by Crippen LogP contribution is 2.36. The maximum atomic E-state index is 13.4. The smallest absolute Gasteiger partial charge is 0.355 e. The Morgan fingerprint density at radius 3 is 2.74 bits per heavy atom. The molecule has 1 saturated heterocycles. The topological polar surface area (TPSA) is 63.1 Å². The number of carbonyl (C=O) groups is 1. The third-order valence-corrected chi connectivity index (χ3v) is 5.38. The molecule has 1 aromatic carbocycles. The van der Waals surface area contributed by atoms with E-state index in [0.29, 0.717) is 25.9 Å². The Hall–Kier alpha value is -3.36. The van der Waals surface area contributed by atoms with Gasteiger partial charge >= 0.3 is 6.18 Å². The molecule has 1 unspecified atom stereocenters. The molecule has 1 N–H and O–H groups in total. The lowest BCUT2D eigenvalue weighted by atomic mass is 9.96. The number of para-hydroxylation sites is 1. The summed E-state index contributed by atoms with van der Waals surface area (Å²) in [6.07, 6.45) is 1.60. The Labute approximate surface area is 177 Å². The van der Waals surface area contributed by atoms with Crippen molar-refractivity contribution in [1.29, 1.82) is 0 Å². The van der Waals surface area contributed by atoms with Crippen molar-refractivity contribution in [3.05, 3.63) is 72.2 Å². The van der Waals surface area contributed by atoms with E-state index in [2.05, 4.69) is 15.4 Å². The maximum Gasteiger partial charge on any atom is 0.419 e. The van der Waals surface area contributed by atoms with Gasteiger partial charge < -0.3 is 10.2 Å². The molecule has 0 saturated carbocycles. The number of piperidine rings is 1. The van der Waals surface area contributed by atoms with E-state index in [-0.39, 0.29) is 18.3 Å². The second kappa shape index (κ2) is 8.79. The molecule has 6 nitrogen and oxygen atoms in total. The number of aromatic nitrogens is 3. The SMILES string of the molecule is O=C(NCc1ccccc1-n1cccn1)C1CCCN(c2ncccc2C(F)(F)F)C1. The molecule has 162 valence electrons. The molecule has 4 rings (SSSR count). The molecule has 0 spiro atoms. The zero-order valence-corrected chi connectivity index (χ0v) is 16.7. The molecule has 9 heteroatoms. The largest absolute Gasteiger partial charge is 0.419 e. The Kier molecular flexibility index (Phi) is 5.92. The fraction of sp³-hybridized carbons (Fsp3) is 0.318. The summed E-state index contributed by atoms with van der Waals surface area (Å²) >= 11 is 0. The van der Waals surface area contributed by atoms with Gasteiger partial charge in [-0.2, -0.15) is 18.3 Å². The molecule has 3 aromatic rings. The number of nitrogens with zero attached hydrogens (tertiary/aromatic N) is 4. The van der Waals surface area contributed by atoms with Crippen LogP contribution in [0.4, 0.5) is 19.0 Å². The molecule has 2 aromatic heterocycles. The quantitative estimate of drug-likeness (QED) is 0.670. The average molecular weight is 429 g/mol. The van der Waals surface area contributed by atoms with Gasteiger partial charge in [0, 0.05) is 38.2 Å². The lowest BCUT2D eigenvalue weighted by Gasteiger charge is -2.34. The summed E-state index contributed by atoms with van der Waals surface area (Å²) in [5.41, 5.74) is 0.988. The van der Waals surface area contributed by atoms with E-state index in [1.807, 2.05) is 36.5 Å². The normalized spacial score (nSPS) is 16.9. The zero-order valence-electron chi connectivity index (χ0n) is 16.7. The molecule has 31 heavy (non-hydrogen) atoms. The molecule has 1 fully saturated rings. The first-order valence-electron chi connectivity index (χ1n) is 10.1. The minimum atomic E-state index is -4.49. The number of carbonyl (C=O) groups excluding carboxylic acids is 1. The number of hydrogen-bond donors (Lipinski definition) is 1. The van der Waals surface area contributed by atoms with Crippen molar-refractivity contribution in [2.45, 2.75) is 25.6 Å². The summed E-state index contributed by atoms with van der Waals surface area (Å²) in [6.45, 7) is 0.946. The van der Waals surface area contributed by atoms with Crippen LogP contribution in [0.1, 0.15) is 24.0 Å². The van der Waals surface area contributed by atoms with Gasteiger partial charge in [-0.25, -0.2) is 9.67 Å². The average Bonchev–Trinajstić information content (AvgIpc) is 3.32. The van der Waals surface area contributed by atoms with E-state index in [1.165, 1.54) is 12.3 Å². The van der Waals surface area contributed by atoms with Gasteiger partial charge in [-0.3, -0.25) is 4.79 Å². The standard InChI is InChI=1S/C22H22F3N5O/c23-22(24,25)18-8-3-10-26-20(18)29-12-4-7-17(15-29)21(31)27-14-16-6-1-2-9-19(16)30-13-5-11-28-30/h1-3,5-6,8-11,13,17H,4,7,12,14-15H2,(H,27,31). The summed E-state index contributed by atoms with van der Waals surface area (Å²) < 4.78 is 41.8. The zero-order chi connectivity index (χ0) is 21.8. The minimum absolute atomic E-state index is 0.114. The molecule has 3 heterocycles. The third-order valence-electron chi connectivity index (χ3n) is 5.38.